The Morgan fingerprint density at radius 1 is 1.10 bits per heavy atom. The van der Waals surface area contributed by atoms with Crippen molar-refractivity contribution in [3.8, 4) is 0 Å². The average Bonchev–Trinajstić information content (AvgIpc) is 2.60. The lowest BCUT2D eigenvalue weighted by Crippen LogP contribution is -2.47. The summed E-state index contributed by atoms with van der Waals surface area (Å²) in [6.07, 6.45) is -3.29. The fourth-order valence-electron chi connectivity index (χ4n) is 2.96. The van der Waals surface area contributed by atoms with Gasteiger partial charge in [-0.25, -0.2) is 8.42 Å². The molecular formula is C20H23F3N2O3S. The number of nitrogens with one attached hydrogen (secondary N) is 1. The molecule has 0 saturated heterocycles. The number of carbonyl (C=O) groups excluding carboxylic acids is 1. The molecule has 0 aliphatic heterocycles. The van der Waals surface area contributed by atoms with E-state index in [1.54, 1.807) is 26.0 Å². The number of benzene rings is 2. The van der Waals surface area contributed by atoms with Crippen molar-refractivity contribution in [3.05, 3.63) is 59.2 Å². The Bertz CT molecular complexity index is 987. The smallest absolute Gasteiger partial charge is 0.324 e. The first kappa shape index (κ1) is 22.7. The summed E-state index contributed by atoms with van der Waals surface area (Å²) in [6.45, 7) is 5.22. The van der Waals surface area contributed by atoms with Gasteiger partial charge in [0.1, 0.15) is 6.04 Å². The Labute approximate surface area is 168 Å². The predicted molar refractivity (Wildman–Crippen MR) is 107 cm³/mol. The fourth-order valence-corrected chi connectivity index (χ4v) is 4.22. The highest BCUT2D eigenvalue weighted by Gasteiger charge is 2.33. The van der Waals surface area contributed by atoms with Crippen molar-refractivity contribution >= 4 is 27.3 Å². The van der Waals surface area contributed by atoms with Gasteiger partial charge in [0.25, 0.3) is 0 Å². The van der Waals surface area contributed by atoms with E-state index in [-0.39, 0.29) is 12.1 Å². The molecule has 29 heavy (non-hydrogen) atoms. The van der Waals surface area contributed by atoms with Crippen LogP contribution in [0.4, 0.5) is 24.5 Å². The van der Waals surface area contributed by atoms with E-state index >= 15 is 0 Å². The summed E-state index contributed by atoms with van der Waals surface area (Å²) in [4.78, 5) is 12.8. The molecule has 0 bridgehead atoms. The maximum Gasteiger partial charge on any atom is 0.416 e. The number of halogens is 3. The number of carbonyl (C=O) groups is 1. The number of sulfonamides is 1. The van der Waals surface area contributed by atoms with Crippen molar-refractivity contribution in [2.24, 2.45) is 0 Å². The van der Waals surface area contributed by atoms with Crippen molar-refractivity contribution < 1.29 is 26.4 Å². The van der Waals surface area contributed by atoms with Gasteiger partial charge in [-0.05, 0) is 61.7 Å². The van der Waals surface area contributed by atoms with Crippen LogP contribution in [-0.4, -0.2) is 26.6 Å². The molecule has 0 aliphatic rings. The molecule has 0 radical (unpaired) electrons. The molecule has 2 rings (SSSR count). The van der Waals surface area contributed by atoms with Gasteiger partial charge in [-0.15, -0.1) is 0 Å². The molecule has 0 aromatic heterocycles. The first-order chi connectivity index (χ1) is 13.3. The Morgan fingerprint density at radius 2 is 1.69 bits per heavy atom. The van der Waals surface area contributed by atoms with Gasteiger partial charge in [-0.2, -0.15) is 13.2 Å². The van der Waals surface area contributed by atoms with E-state index < -0.39 is 33.7 Å². The minimum absolute atomic E-state index is 0.149. The first-order valence-electron chi connectivity index (χ1n) is 8.89. The Hall–Kier alpha value is -2.55. The third kappa shape index (κ3) is 5.50. The molecule has 0 aliphatic carbocycles. The van der Waals surface area contributed by atoms with E-state index in [0.717, 1.165) is 40.4 Å². The van der Waals surface area contributed by atoms with Gasteiger partial charge in [-0.3, -0.25) is 9.10 Å². The van der Waals surface area contributed by atoms with Crippen molar-refractivity contribution in [1.29, 1.82) is 0 Å². The number of anilines is 2. The van der Waals surface area contributed by atoms with E-state index in [2.05, 4.69) is 5.32 Å². The largest absolute Gasteiger partial charge is 0.416 e. The molecule has 2 aromatic carbocycles. The van der Waals surface area contributed by atoms with Crippen LogP contribution in [0.3, 0.4) is 0 Å². The molecule has 5 nitrogen and oxygen atoms in total. The minimum Gasteiger partial charge on any atom is -0.324 e. The van der Waals surface area contributed by atoms with Crippen LogP contribution >= 0.6 is 0 Å². The van der Waals surface area contributed by atoms with Gasteiger partial charge in [0.2, 0.25) is 15.9 Å². The van der Waals surface area contributed by atoms with Crippen molar-refractivity contribution in [2.75, 3.05) is 15.9 Å². The molecule has 0 spiro atoms. The molecule has 158 valence electrons. The highest BCUT2D eigenvalue weighted by molar-refractivity contribution is 7.92. The minimum atomic E-state index is -4.48. The zero-order valence-corrected chi connectivity index (χ0v) is 17.4. The number of hydrogen-bond donors (Lipinski definition) is 1. The second kappa shape index (κ2) is 8.44. The predicted octanol–water partition coefficient (Wildman–Crippen LogP) is 4.51. The second-order valence-electron chi connectivity index (χ2n) is 6.84. The summed E-state index contributed by atoms with van der Waals surface area (Å²) in [6, 6.07) is 8.21. The number of nitrogens with zero attached hydrogens (tertiary/aromatic N) is 1. The third-order valence-electron chi connectivity index (χ3n) is 4.41. The maximum absolute atomic E-state index is 12.8. The number of hydrogen-bond acceptors (Lipinski definition) is 3. The Balaban J connectivity index is 2.37. The molecule has 0 unspecified atom stereocenters. The quantitative estimate of drug-likeness (QED) is 0.737. The number of amides is 1. The molecule has 0 saturated carbocycles. The summed E-state index contributed by atoms with van der Waals surface area (Å²) in [5.41, 5.74) is 1.22. The molecule has 1 amide bonds. The fraction of sp³-hybridized carbons (Fsp3) is 0.350. The van der Waals surface area contributed by atoms with Crippen LogP contribution in [0.2, 0.25) is 0 Å². The Morgan fingerprint density at radius 3 is 2.17 bits per heavy atom. The molecule has 2 aromatic rings. The zero-order chi connectivity index (χ0) is 22.0. The lowest BCUT2D eigenvalue weighted by molar-refractivity contribution is -0.137. The molecule has 0 fully saturated rings. The number of aryl methyl sites for hydroxylation is 2. The van der Waals surface area contributed by atoms with Gasteiger partial charge < -0.3 is 5.32 Å². The summed E-state index contributed by atoms with van der Waals surface area (Å²) >= 11 is 0. The van der Waals surface area contributed by atoms with E-state index in [0.29, 0.717) is 11.3 Å². The highest BCUT2D eigenvalue weighted by atomic mass is 32.2. The maximum atomic E-state index is 12.8. The van der Waals surface area contributed by atoms with Crippen LogP contribution in [0.1, 0.15) is 30.0 Å². The first-order valence-corrected chi connectivity index (χ1v) is 10.7. The highest BCUT2D eigenvalue weighted by Crippen LogP contribution is 2.31. The molecule has 1 atom stereocenters. The lowest BCUT2D eigenvalue weighted by Gasteiger charge is -2.31. The Kier molecular flexibility index (Phi) is 6.62. The number of alkyl halides is 3. The monoisotopic (exact) mass is 428 g/mol. The van der Waals surface area contributed by atoms with E-state index in [1.807, 2.05) is 13.0 Å². The van der Waals surface area contributed by atoms with E-state index in [9.17, 15) is 26.4 Å². The summed E-state index contributed by atoms with van der Waals surface area (Å²) < 4.78 is 64.2. The molecule has 9 heteroatoms. The van der Waals surface area contributed by atoms with Gasteiger partial charge in [0.05, 0.1) is 17.5 Å². The van der Waals surface area contributed by atoms with Gasteiger partial charge >= 0.3 is 6.18 Å². The standard InChI is InChI=1S/C20H23F3N2O3S/c1-5-17(19(26)24-16-10-8-15(9-11-16)20(21,22)23)25(29(4,27)28)18-12-13(2)6-7-14(18)3/h6-12,17H,5H2,1-4H3,(H,24,26)/t17-/m0/s1. The molecule has 1 N–H and O–H groups in total. The van der Waals surface area contributed by atoms with Crippen molar-refractivity contribution in [2.45, 2.75) is 39.4 Å². The van der Waals surface area contributed by atoms with E-state index in [1.165, 1.54) is 0 Å². The summed E-state index contributed by atoms with van der Waals surface area (Å²) in [5, 5.41) is 2.52. The normalized spacial score (nSPS) is 13.1. The van der Waals surface area contributed by atoms with Gasteiger partial charge in [0, 0.05) is 5.69 Å². The van der Waals surface area contributed by atoms with Gasteiger partial charge in [-0.1, -0.05) is 19.1 Å². The van der Waals surface area contributed by atoms with Crippen molar-refractivity contribution in [1.82, 2.24) is 0 Å². The topological polar surface area (TPSA) is 66.5 Å². The number of rotatable bonds is 6. The lowest BCUT2D eigenvalue weighted by atomic mass is 10.1. The van der Waals surface area contributed by atoms with Crippen LogP contribution in [0.5, 0.6) is 0 Å². The third-order valence-corrected chi connectivity index (χ3v) is 5.58. The molecule has 0 heterocycles. The molecular weight excluding hydrogens is 405 g/mol. The van der Waals surface area contributed by atoms with E-state index in [4.69, 9.17) is 0 Å². The summed E-state index contributed by atoms with van der Waals surface area (Å²) in [7, 11) is -3.81. The SMILES string of the molecule is CC[C@@H](C(=O)Nc1ccc(C(F)(F)F)cc1)N(c1cc(C)ccc1C)S(C)(=O)=O. The van der Waals surface area contributed by atoms with Crippen LogP contribution in [0.25, 0.3) is 0 Å². The van der Waals surface area contributed by atoms with Crippen LogP contribution in [0.15, 0.2) is 42.5 Å². The van der Waals surface area contributed by atoms with Gasteiger partial charge in [0.15, 0.2) is 0 Å². The van der Waals surface area contributed by atoms with Crippen LogP contribution < -0.4 is 9.62 Å². The second-order valence-corrected chi connectivity index (χ2v) is 8.70. The van der Waals surface area contributed by atoms with Crippen molar-refractivity contribution in [3.63, 3.8) is 0 Å². The zero-order valence-electron chi connectivity index (χ0n) is 16.5. The van der Waals surface area contributed by atoms with Crippen LogP contribution in [0, 0.1) is 13.8 Å². The average molecular weight is 428 g/mol. The van der Waals surface area contributed by atoms with Crippen LogP contribution in [-0.2, 0) is 21.0 Å². The summed E-state index contributed by atoms with van der Waals surface area (Å²) in [5.74, 6) is -0.626.